The van der Waals surface area contributed by atoms with E-state index < -0.39 is 0 Å². The third-order valence-corrected chi connectivity index (χ3v) is 7.28. The van der Waals surface area contributed by atoms with Gasteiger partial charge >= 0.3 is 0 Å². The number of anilines is 1. The lowest BCUT2D eigenvalue weighted by molar-refractivity contribution is 0.0239. The standard InChI is InChI=1S/C24H25FN2O3S/c25-17-9-7-16(8-10-17)22(27-11-14-29-15-12-27)21-18-4-1-2-6-20(18)31-24(21)26-23(28)19-5-3-13-30-19/h3,5,7-10,13,22H,1-2,4,6,11-12,14-15H2,(H,26,28)/t22-/m1/s1. The minimum absolute atomic E-state index is 0.0606. The summed E-state index contributed by atoms with van der Waals surface area (Å²) in [7, 11) is 0. The number of amides is 1. The highest BCUT2D eigenvalue weighted by molar-refractivity contribution is 7.16. The van der Waals surface area contributed by atoms with E-state index in [2.05, 4.69) is 10.2 Å². The number of fused-ring (bicyclic) bond motifs is 1. The molecule has 1 atom stereocenters. The van der Waals surface area contributed by atoms with Crippen molar-refractivity contribution in [2.45, 2.75) is 31.7 Å². The van der Waals surface area contributed by atoms with Crippen molar-refractivity contribution in [3.05, 3.63) is 75.8 Å². The van der Waals surface area contributed by atoms with E-state index in [1.54, 1.807) is 23.5 Å². The van der Waals surface area contributed by atoms with Crippen LogP contribution in [0, 0.1) is 5.82 Å². The molecule has 1 aliphatic carbocycles. The zero-order valence-electron chi connectivity index (χ0n) is 17.2. The molecule has 1 aliphatic heterocycles. The van der Waals surface area contributed by atoms with Gasteiger partial charge in [0.1, 0.15) is 10.8 Å². The normalized spacial score (nSPS) is 17.8. The van der Waals surface area contributed by atoms with E-state index in [-0.39, 0.29) is 17.8 Å². The summed E-state index contributed by atoms with van der Waals surface area (Å²) in [6, 6.07) is 10.1. The summed E-state index contributed by atoms with van der Waals surface area (Å²) in [6.45, 7) is 2.91. The van der Waals surface area contributed by atoms with Crippen LogP contribution < -0.4 is 5.32 Å². The number of nitrogens with zero attached hydrogens (tertiary/aromatic N) is 1. The number of aryl methyl sites for hydroxylation is 1. The summed E-state index contributed by atoms with van der Waals surface area (Å²) >= 11 is 1.67. The smallest absolute Gasteiger partial charge is 0.291 e. The third kappa shape index (κ3) is 4.18. The van der Waals surface area contributed by atoms with Gasteiger partial charge in [0.2, 0.25) is 0 Å². The molecule has 162 valence electrons. The largest absolute Gasteiger partial charge is 0.459 e. The number of benzene rings is 1. The van der Waals surface area contributed by atoms with Gasteiger partial charge in [0.15, 0.2) is 5.76 Å². The molecule has 2 aliphatic rings. The molecule has 3 aromatic rings. The lowest BCUT2D eigenvalue weighted by Gasteiger charge is -2.36. The Kier molecular flexibility index (Phi) is 5.89. The third-order valence-electron chi connectivity index (χ3n) is 6.05. The first-order chi connectivity index (χ1) is 15.2. The summed E-state index contributed by atoms with van der Waals surface area (Å²) in [5.74, 6) is -0.199. The highest BCUT2D eigenvalue weighted by atomic mass is 32.1. The fourth-order valence-corrected chi connectivity index (χ4v) is 5.90. The second kappa shape index (κ2) is 8.94. The molecule has 3 heterocycles. The van der Waals surface area contributed by atoms with Crippen LogP contribution in [0.15, 0.2) is 47.1 Å². The summed E-state index contributed by atoms with van der Waals surface area (Å²) in [5.41, 5.74) is 3.52. The quantitative estimate of drug-likeness (QED) is 0.604. The molecular weight excluding hydrogens is 415 g/mol. The number of hydrogen-bond acceptors (Lipinski definition) is 5. The van der Waals surface area contributed by atoms with Crippen LogP contribution in [-0.2, 0) is 17.6 Å². The number of ether oxygens (including phenoxy) is 1. The second-order valence-corrected chi connectivity index (χ2v) is 9.09. The van der Waals surface area contributed by atoms with Gasteiger partial charge < -0.3 is 14.5 Å². The van der Waals surface area contributed by atoms with E-state index >= 15 is 0 Å². The van der Waals surface area contributed by atoms with Crippen LogP contribution in [0.2, 0.25) is 0 Å². The molecule has 7 heteroatoms. The molecule has 0 unspecified atom stereocenters. The summed E-state index contributed by atoms with van der Waals surface area (Å²) in [6.07, 6.45) is 5.84. The predicted molar refractivity (Wildman–Crippen MR) is 118 cm³/mol. The highest BCUT2D eigenvalue weighted by Crippen LogP contribution is 2.45. The zero-order valence-corrected chi connectivity index (χ0v) is 18.1. The molecule has 5 nitrogen and oxygen atoms in total. The van der Waals surface area contributed by atoms with Crippen LogP contribution in [0.25, 0.3) is 0 Å². The van der Waals surface area contributed by atoms with Gasteiger partial charge in [-0.05, 0) is 61.1 Å². The Hall–Kier alpha value is -2.48. The van der Waals surface area contributed by atoms with Gasteiger partial charge in [-0.1, -0.05) is 12.1 Å². The van der Waals surface area contributed by atoms with Crippen LogP contribution in [-0.4, -0.2) is 37.1 Å². The number of halogens is 1. The predicted octanol–water partition coefficient (Wildman–Crippen LogP) is 5.03. The van der Waals surface area contributed by atoms with Crippen LogP contribution in [0.4, 0.5) is 9.39 Å². The van der Waals surface area contributed by atoms with E-state index in [1.165, 1.54) is 28.8 Å². The first-order valence-electron chi connectivity index (χ1n) is 10.8. The van der Waals surface area contributed by atoms with Crippen LogP contribution in [0.5, 0.6) is 0 Å². The van der Waals surface area contributed by atoms with Crippen molar-refractivity contribution in [3.63, 3.8) is 0 Å². The summed E-state index contributed by atoms with van der Waals surface area (Å²) < 4.78 is 24.6. The van der Waals surface area contributed by atoms with Gasteiger partial charge in [-0.2, -0.15) is 0 Å². The maximum absolute atomic E-state index is 13.7. The number of nitrogens with one attached hydrogen (secondary N) is 1. The average Bonchev–Trinajstić information content (AvgIpc) is 3.45. The number of rotatable bonds is 5. The first-order valence-corrected chi connectivity index (χ1v) is 11.6. The number of thiophene rings is 1. The van der Waals surface area contributed by atoms with Crippen molar-refractivity contribution in [1.82, 2.24) is 4.90 Å². The Labute approximate surface area is 184 Å². The Morgan fingerprint density at radius 2 is 1.87 bits per heavy atom. The van der Waals surface area contributed by atoms with Gasteiger partial charge in [0, 0.05) is 23.5 Å². The fraction of sp³-hybridized carbons (Fsp3) is 0.375. The molecule has 1 saturated heterocycles. The average molecular weight is 441 g/mol. The molecule has 5 rings (SSSR count). The molecule has 0 radical (unpaired) electrons. The topological polar surface area (TPSA) is 54.7 Å². The van der Waals surface area contributed by atoms with Gasteiger partial charge in [-0.3, -0.25) is 9.69 Å². The van der Waals surface area contributed by atoms with Crippen molar-refractivity contribution in [1.29, 1.82) is 0 Å². The van der Waals surface area contributed by atoms with Crippen molar-refractivity contribution < 1.29 is 18.3 Å². The lowest BCUT2D eigenvalue weighted by Crippen LogP contribution is -2.40. The van der Waals surface area contributed by atoms with E-state index in [9.17, 15) is 9.18 Å². The number of furan rings is 1. The van der Waals surface area contributed by atoms with Crippen molar-refractivity contribution >= 4 is 22.2 Å². The minimum atomic E-state index is -0.247. The first kappa shape index (κ1) is 20.4. The van der Waals surface area contributed by atoms with Crippen LogP contribution in [0.1, 0.15) is 51.0 Å². The molecule has 0 bridgehead atoms. The van der Waals surface area contributed by atoms with Crippen molar-refractivity contribution in [2.24, 2.45) is 0 Å². The molecule has 0 spiro atoms. The summed E-state index contributed by atoms with van der Waals surface area (Å²) in [4.78, 5) is 16.6. The summed E-state index contributed by atoms with van der Waals surface area (Å²) in [5, 5.41) is 3.99. The SMILES string of the molecule is O=C(Nc1sc2c(c1[C@@H](c1ccc(F)cc1)N1CCOCC1)CCCC2)c1ccco1. The van der Waals surface area contributed by atoms with Gasteiger partial charge in [-0.15, -0.1) is 11.3 Å². The fourth-order valence-electron chi connectivity index (χ4n) is 4.59. The maximum Gasteiger partial charge on any atom is 0.291 e. The molecule has 1 N–H and O–H groups in total. The Morgan fingerprint density at radius 1 is 1.10 bits per heavy atom. The number of carbonyl (C=O) groups is 1. The second-order valence-electron chi connectivity index (χ2n) is 7.99. The van der Waals surface area contributed by atoms with Crippen molar-refractivity contribution in [3.8, 4) is 0 Å². The molecule has 0 saturated carbocycles. The van der Waals surface area contributed by atoms with E-state index in [0.717, 1.165) is 54.9 Å². The van der Waals surface area contributed by atoms with E-state index in [0.29, 0.717) is 19.0 Å². The molecule has 1 amide bonds. The minimum Gasteiger partial charge on any atom is -0.459 e. The maximum atomic E-state index is 13.7. The monoisotopic (exact) mass is 440 g/mol. The Bertz CT molecular complexity index is 1040. The molecule has 31 heavy (non-hydrogen) atoms. The van der Waals surface area contributed by atoms with Gasteiger partial charge in [0.05, 0.1) is 25.5 Å². The van der Waals surface area contributed by atoms with E-state index in [1.807, 2.05) is 12.1 Å². The molecular formula is C24H25FN2O3S. The van der Waals surface area contributed by atoms with Crippen LogP contribution >= 0.6 is 11.3 Å². The van der Waals surface area contributed by atoms with Crippen LogP contribution in [0.3, 0.4) is 0 Å². The number of carbonyl (C=O) groups excluding carboxylic acids is 1. The Morgan fingerprint density at radius 3 is 2.61 bits per heavy atom. The molecule has 1 fully saturated rings. The lowest BCUT2D eigenvalue weighted by atomic mass is 9.88. The Balaban J connectivity index is 1.60. The van der Waals surface area contributed by atoms with E-state index in [4.69, 9.17) is 9.15 Å². The van der Waals surface area contributed by atoms with Gasteiger partial charge in [-0.25, -0.2) is 4.39 Å². The number of hydrogen-bond donors (Lipinski definition) is 1. The molecule has 2 aromatic heterocycles. The molecule has 1 aromatic carbocycles. The van der Waals surface area contributed by atoms with Gasteiger partial charge in [0.25, 0.3) is 5.91 Å². The highest BCUT2D eigenvalue weighted by Gasteiger charge is 2.33. The zero-order chi connectivity index (χ0) is 21.2. The number of morpholine rings is 1. The van der Waals surface area contributed by atoms with Crippen molar-refractivity contribution in [2.75, 3.05) is 31.6 Å².